The Balaban J connectivity index is 2.42. The van der Waals surface area contributed by atoms with Crippen LogP contribution in [0.3, 0.4) is 0 Å². The molecule has 3 aromatic rings. The number of carbonyl (C=O) groups is 1. The molecule has 6 nitrogen and oxygen atoms in total. The topological polar surface area (TPSA) is 78.5 Å². The van der Waals surface area contributed by atoms with Crippen LogP contribution in [0, 0.1) is 0 Å². The predicted molar refractivity (Wildman–Crippen MR) is 90.6 cm³/mol. The van der Waals surface area contributed by atoms with Crippen molar-refractivity contribution in [2.45, 2.75) is 20.3 Å². The van der Waals surface area contributed by atoms with Crippen LogP contribution in [0.4, 0.5) is 0 Å². The van der Waals surface area contributed by atoms with Gasteiger partial charge in [-0.3, -0.25) is 14.2 Å². The molecule has 2 heterocycles. The first kappa shape index (κ1) is 16.0. The minimum atomic E-state index is -0.748. The highest BCUT2D eigenvalue weighted by Crippen LogP contribution is 2.19. The van der Waals surface area contributed by atoms with Crippen molar-refractivity contribution in [1.29, 1.82) is 0 Å². The van der Waals surface area contributed by atoms with E-state index >= 15 is 0 Å². The Hall–Kier alpha value is -2.89. The van der Waals surface area contributed by atoms with E-state index in [1.807, 2.05) is 13.0 Å². The number of hydrogen-bond acceptors (Lipinski definition) is 5. The van der Waals surface area contributed by atoms with Crippen LogP contribution in [0.2, 0.25) is 0 Å². The standard InChI is InChI=1S/C18H17NO5/c1-4-10-6-7-14-11(8-10)15(20)12-9-13(18(22)23-5-2)16(21)19(3)17(12)24-14/h6-9H,4-5H2,1-3H3. The number of aryl methyl sites for hydroxylation is 2. The minimum absolute atomic E-state index is 0.134. The smallest absolute Gasteiger partial charge is 0.343 e. The first-order valence-corrected chi connectivity index (χ1v) is 7.74. The van der Waals surface area contributed by atoms with Gasteiger partial charge in [0.1, 0.15) is 11.1 Å². The Morgan fingerprint density at radius 3 is 2.58 bits per heavy atom. The molecule has 0 aliphatic carbocycles. The zero-order valence-electron chi connectivity index (χ0n) is 13.7. The largest absolute Gasteiger partial charge is 0.462 e. The van der Waals surface area contributed by atoms with Crippen LogP contribution in [0.15, 0.2) is 38.3 Å². The van der Waals surface area contributed by atoms with E-state index in [1.54, 1.807) is 19.1 Å². The van der Waals surface area contributed by atoms with Gasteiger partial charge in [-0.2, -0.15) is 0 Å². The maximum atomic E-state index is 12.8. The first-order chi connectivity index (χ1) is 11.5. The van der Waals surface area contributed by atoms with E-state index in [1.165, 1.54) is 13.1 Å². The van der Waals surface area contributed by atoms with Gasteiger partial charge in [-0.05, 0) is 37.1 Å². The van der Waals surface area contributed by atoms with E-state index in [4.69, 9.17) is 9.15 Å². The molecule has 0 fully saturated rings. The van der Waals surface area contributed by atoms with Gasteiger partial charge in [0.2, 0.25) is 11.1 Å². The first-order valence-electron chi connectivity index (χ1n) is 7.74. The zero-order chi connectivity index (χ0) is 17.4. The number of aromatic nitrogens is 1. The molecule has 0 unspecified atom stereocenters. The quantitative estimate of drug-likeness (QED) is 0.545. The lowest BCUT2D eigenvalue weighted by molar-refractivity contribution is 0.0524. The molecule has 124 valence electrons. The van der Waals surface area contributed by atoms with Crippen molar-refractivity contribution >= 4 is 28.0 Å². The summed E-state index contributed by atoms with van der Waals surface area (Å²) < 4.78 is 11.8. The number of esters is 1. The summed E-state index contributed by atoms with van der Waals surface area (Å²) in [5, 5.41) is 0.608. The van der Waals surface area contributed by atoms with Crippen LogP contribution in [0.1, 0.15) is 29.8 Å². The highest BCUT2D eigenvalue weighted by molar-refractivity contribution is 5.95. The maximum Gasteiger partial charge on any atom is 0.343 e. The lowest BCUT2D eigenvalue weighted by atomic mass is 10.1. The van der Waals surface area contributed by atoms with Gasteiger partial charge < -0.3 is 9.15 Å². The molecule has 3 rings (SSSR count). The average molecular weight is 327 g/mol. The lowest BCUT2D eigenvalue weighted by Gasteiger charge is -2.09. The molecule has 0 saturated carbocycles. The molecule has 0 radical (unpaired) electrons. The Labute approximate surface area is 137 Å². The summed E-state index contributed by atoms with van der Waals surface area (Å²) in [6.07, 6.45) is 0.786. The lowest BCUT2D eigenvalue weighted by Crippen LogP contribution is -2.27. The second-order valence-corrected chi connectivity index (χ2v) is 5.48. The van der Waals surface area contributed by atoms with Crippen molar-refractivity contribution in [2.24, 2.45) is 7.05 Å². The van der Waals surface area contributed by atoms with Crippen LogP contribution in [0.5, 0.6) is 0 Å². The fourth-order valence-corrected chi connectivity index (χ4v) is 2.68. The Morgan fingerprint density at radius 1 is 1.17 bits per heavy atom. The van der Waals surface area contributed by atoms with Gasteiger partial charge in [-0.25, -0.2) is 4.79 Å². The number of carbonyl (C=O) groups excluding carboxylic acids is 1. The molecule has 0 saturated heterocycles. The number of pyridine rings is 1. The number of rotatable bonds is 3. The number of ether oxygens (including phenoxy) is 1. The molecular weight excluding hydrogens is 310 g/mol. The fraction of sp³-hybridized carbons (Fsp3) is 0.278. The summed E-state index contributed by atoms with van der Waals surface area (Å²) in [5.41, 5.74) is 0.532. The van der Waals surface area contributed by atoms with Gasteiger partial charge in [0, 0.05) is 7.05 Å². The average Bonchev–Trinajstić information content (AvgIpc) is 2.58. The van der Waals surface area contributed by atoms with E-state index in [-0.39, 0.29) is 28.7 Å². The SMILES string of the molecule is CCOC(=O)c1cc2c(=O)c3cc(CC)ccc3oc2n(C)c1=O. The second kappa shape index (κ2) is 5.96. The molecule has 0 aliphatic rings. The highest BCUT2D eigenvalue weighted by atomic mass is 16.5. The fourth-order valence-electron chi connectivity index (χ4n) is 2.68. The molecule has 0 amide bonds. The third-order valence-electron chi connectivity index (χ3n) is 4.00. The van der Waals surface area contributed by atoms with Gasteiger partial charge in [0.05, 0.1) is 17.4 Å². The van der Waals surface area contributed by atoms with Crippen LogP contribution in [-0.2, 0) is 18.2 Å². The summed E-state index contributed by atoms with van der Waals surface area (Å²) >= 11 is 0. The van der Waals surface area contributed by atoms with Crippen LogP contribution < -0.4 is 11.0 Å². The normalized spacial score (nSPS) is 11.1. The van der Waals surface area contributed by atoms with E-state index in [0.717, 1.165) is 16.6 Å². The third-order valence-corrected chi connectivity index (χ3v) is 4.00. The van der Waals surface area contributed by atoms with E-state index < -0.39 is 11.5 Å². The molecule has 0 aliphatic heterocycles. The number of nitrogens with zero attached hydrogens (tertiary/aromatic N) is 1. The van der Waals surface area contributed by atoms with E-state index in [2.05, 4.69) is 0 Å². The number of benzene rings is 1. The van der Waals surface area contributed by atoms with Gasteiger partial charge in [0.25, 0.3) is 5.56 Å². The van der Waals surface area contributed by atoms with Gasteiger partial charge in [-0.1, -0.05) is 13.0 Å². The van der Waals surface area contributed by atoms with Gasteiger partial charge in [0.15, 0.2) is 0 Å². The second-order valence-electron chi connectivity index (χ2n) is 5.48. The molecule has 0 atom stereocenters. The van der Waals surface area contributed by atoms with Crippen molar-refractivity contribution in [3.63, 3.8) is 0 Å². The van der Waals surface area contributed by atoms with E-state index in [9.17, 15) is 14.4 Å². The third kappa shape index (κ3) is 2.40. The highest BCUT2D eigenvalue weighted by Gasteiger charge is 2.19. The summed E-state index contributed by atoms with van der Waals surface area (Å²) in [6.45, 7) is 3.79. The maximum absolute atomic E-state index is 12.8. The molecule has 0 spiro atoms. The summed E-state index contributed by atoms with van der Waals surface area (Å²) in [6, 6.07) is 6.64. The van der Waals surface area contributed by atoms with Gasteiger partial charge >= 0.3 is 5.97 Å². The van der Waals surface area contributed by atoms with Crippen molar-refractivity contribution in [1.82, 2.24) is 4.57 Å². The number of fused-ring (bicyclic) bond motifs is 2. The summed E-state index contributed by atoms with van der Waals surface area (Å²) in [4.78, 5) is 37.1. The molecule has 0 bridgehead atoms. The predicted octanol–water partition coefficient (Wildman–Crippen LogP) is 2.38. The summed E-state index contributed by atoms with van der Waals surface area (Å²) in [5.74, 6) is -0.748. The molecule has 0 N–H and O–H groups in total. The summed E-state index contributed by atoms with van der Waals surface area (Å²) in [7, 11) is 1.46. The molecule has 1 aromatic carbocycles. The van der Waals surface area contributed by atoms with Crippen molar-refractivity contribution < 1.29 is 13.9 Å². The monoisotopic (exact) mass is 327 g/mol. The molecule has 6 heteroatoms. The number of hydrogen-bond donors (Lipinski definition) is 0. The van der Waals surface area contributed by atoms with Gasteiger partial charge in [-0.15, -0.1) is 0 Å². The van der Waals surface area contributed by atoms with Crippen molar-refractivity contribution in [3.8, 4) is 0 Å². The van der Waals surface area contributed by atoms with Crippen molar-refractivity contribution in [2.75, 3.05) is 6.61 Å². The van der Waals surface area contributed by atoms with Crippen LogP contribution in [-0.4, -0.2) is 17.1 Å². The van der Waals surface area contributed by atoms with E-state index in [0.29, 0.717) is 11.0 Å². The Kier molecular flexibility index (Phi) is 3.97. The molecular formula is C18H17NO5. The van der Waals surface area contributed by atoms with Crippen LogP contribution in [0.25, 0.3) is 22.1 Å². The minimum Gasteiger partial charge on any atom is -0.462 e. The Bertz CT molecular complexity index is 1070. The van der Waals surface area contributed by atoms with Crippen molar-refractivity contribution in [3.05, 3.63) is 56.0 Å². The zero-order valence-corrected chi connectivity index (χ0v) is 13.7. The molecule has 24 heavy (non-hydrogen) atoms. The molecule has 2 aromatic heterocycles. The Morgan fingerprint density at radius 2 is 1.92 bits per heavy atom. The van der Waals surface area contributed by atoms with Crippen LogP contribution >= 0.6 is 0 Å².